The van der Waals surface area contributed by atoms with Crippen LogP contribution in [0.25, 0.3) is 10.2 Å². The zero-order valence-electron chi connectivity index (χ0n) is 9.62. The number of carboxylic acids is 1. The van der Waals surface area contributed by atoms with Crippen molar-refractivity contribution >= 4 is 54.8 Å². The first-order valence-corrected chi connectivity index (χ1v) is 7.89. The van der Waals surface area contributed by atoms with Crippen LogP contribution in [0.5, 0.6) is 0 Å². The van der Waals surface area contributed by atoms with Gasteiger partial charge in [-0.05, 0) is 19.1 Å². The summed E-state index contributed by atoms with van der Waals surface area (Å²) in [5, 5.41) is 7.35. The molecule has 0 aliphatic carbocycles. The third-order valence-corrected chi connectivity index (χ3v) is 5.24. The maximum atomic E-state index is 11.9. The third kappa shape index (κ3) is 2.65. The fraction of sp³-hybridized carbons (Fsp3) is 0.200. The standard InChI is InChI=1S/C10H9ClN2O4S2/c1-5(10(14)15)19(16,17)13-8-6(11)2-3-7-9(8)12-4-18-7/h2-5,13H,1H3,(H,14,15). The zero-order valence-corrected chi connectivity index (χ0v) is 12.0. The van der Waals surface area contributed by atoms with Crippen LogP contribution in [0.4, 0.5) is 5.69 Å². The van der Waals surface area contributed by atoms with Gasteiger partial charge < -0.3 is 5.11 Å². The van der Waals surface area contributed by atoms with Gasteiger partial charge in [0.15, 0.2) is 5.25 Å². The smallest absolute Gasteiger partial charge is 0.323 e. The van der Waals surface area contributed by atoms with Gasteiger partial charge in [-0.2, -0.15) is 0 Å². The van der Waals surface area contributed by atoms with Crippen LogP contribution in [-0.4, -0.2) is 29.7 Å². The normalized spacial score (nSPS) is 13.4. The predicted octanol–water partition coefficient (Wildman–Crippen LogP) is 2.16. The second-order valence-electron chi connectivity index (χ2n) is 3.75. The van der Waals surface area contributed by atoms with Gasteiger partial charge in [-0.15, -0.1) is 11.3 Å². The van der Waals surface area contributed by atoms with Crippen LogP contribution in [-0.2, 0) is 14.8 Å². The topological polar surface area (TPSA) is 96.4 Å². The van der Waals surface area contributed by atoms with Crippen molar-refractivity contribution in [3.05, 3.63) is 22.7 Å². The van der Waals surface area contributed by atoms with Gasteiger partial charge in [-0.1, -0.05) is 11.6 Å². The number of thiazole rings is 1. The van der Waals surface area contributed by atoms with E-state index in [1.807, 2.05) is 0 Å². The largest absolute Gasteiger partial charge is 0.480 e. The van der Waals surface area contributed by atoms with Gasteiger partial charge in [-0.25, -0.2) is 13.4 Å². The highest BCUT2D eigenvalue weighted by Gasteiger charge is 2.29. The second-order valence-corrected chi connectivity index (χ2v) is 7.04. The van der Waals surface area contributed by atoms with Gasteiger partial charge in [0.05, 0.1) is 20.9 Å². The van der Waals surface area contributed by atoms with Crippen LogP contribution in [0.15, 0.2) is 17.6 Å². The molecule has 9 heteroatoms. The van der Waals surface area contributed by atoms with Crippen molar-refractivity contribution in [2.45, 2.75) is 12.2 Å². The van der Waals surface area contributed by atoms with E-state index in [2.05, 4.69) is 9.71 Å². The second kappa shape index (κ2) is 4.95. The molecule has 0 fully saturated rings. The van der Waals surface area contributed by atoms with Gasteiger partial charge in [0.25, 0.3) is 0 Å². The summed E-state index contributed by atoms with van der Waals surface area (Å²) >= 11 is 7.27. The number of benzene rings is 1. The van der Waals surface area contributed by atoms with Crippen molar-refractivity contribution in [3.8, 4) is 0 Å². The molecular weight excluding hydrogens is 312 g/mol. The first-order valence-electron chi connectivity index (χ1n) is 5.09. The van der Waals surface area contributed by atoms with E-state index in [4.69, 9.17) is 16.7 Å². The Bertz CT molecular complexity index is 741. The van der Waals surface area contributed by atoms with Crippen molar-refractivity contribution in [2.75, 3.05) is 4.72 Å². The molecule has 19 heavy (non-hydrogen) atoms. The summed E-state index contributed by atoms with van der Waals surface area (Å²) in [5.74, 6) is -1.44. The van der Waals surface area contributed by atoms with Crippen molar-refractivity contribution in [1.82, 2.24) is 4.98 Å². The van der Waals surface area contributed by atoms with Gasteiger partial charge in [0.2, 0.25) is 10.0 Å². The first-order chi connectivity index (χ1) is 8.83. The summed E-state index contributed by atoms with van der Waals surface area (Å²) in [5.41, 5.74) is 2.06. The minimum Gasteiger partial charge on any atom is -0.480 e. The quantitative estimate of drug-likeness (QED) is 0.900. The molecule has 0 spiro atoms. The average Bonchev–Trinajstić information content (AvgIpc) is 2.80. The molecule has 102 valence electrons. The van der Waals surface area contributed by atoms with Crippen molar-refractivity contribution in [2.24, 2.45) is 0 Å². The highest BCUT2D eigenvalue weighted by molar-refractivity contribution is 7.94. The third-order valence-electron chi connectivity index (χ3n) is 2.51. The van der Waals surface area contributed by atoms with E-state index in [9.17, 15) is 13.2 Å². The maximum Gasteiger partial charge on any atom is 0.323 e. The number of hydrogen-bond donors (Lipinski definition) is 2. The molecule has 0 bridgehead atoms. The number of rotatable bonds is 4. The number of aromatic nitrogens is 1. The predicted molar refractivity (Wildman–Crippen MR) is 74.3 cm³/mol. The molecule has 2 rings (SSSR count). The van der Waals surface area contributed by atoms with Crippen LogP contribution < -0.4 is 4.72 Å². The summed E-state index contributed by atoms with van der Waals surface area (Å²) in [6.07, 6.45) is 0. The SMILES string of the molecule is CC(C(=O)O)S(=O)(=O)Nc1c(Cl)ccc2scnc12. The minimum absolute atomic E-state index is 0.105. The molecule has 0 saturated heterocycles. The molecule has 1 aromatic heterocycles. The van der Waals surface area contributed by atoms with Crippen LogP contribution >= 0.6 is 22.9 Å². The average molecular weight is 321 g/mol. The van der Waals surface area contributed by atoms with E-state index >= 15 is 0 Å². The molecule has 1 heterocycles. The van der Waals surface area contributed by atoms with Crippen molar-refractivity contribution in [3.63, 3.8) is 0 Å². The van der Waals surface area contributed by atoms with Crippen LogP contribution in [0.3, 0.4) is 0 Å². The molecule has 0 saturated carbocycles. The molecule has 0 radical (unpaired) electrons. The molecule has 1 unspecified atom stereocenters. The number of carboxylic acid groups (broad SMARTS) is 1. The Morgan fingerprint density at radius 3 is 2.84 bits per heavy atom. The van der Waals surface area contributed by atoms with Gasteiger partial charge >= 0.3 is 5.97 Å². The summed E-state index contributed by atoms with van der Waals surface area (Å²) in [6.45, 7) is 1.08. The van der Waals surface area contributed by atoms with Crippen LogP contribution in [0.2, 0.25) is 5.02 Å². The van der Waals surface area contributed by atoms with Crippen molar-refractivity contribution in [1.29, 1.82) is 0 Å². The summed E-state index contributed by atoms with van der Waals surface area (Å²) < 4.78 is 26.7. The summed E-state index contributed by atoms with van der Waals surface area (Å²) in [7, 11) is -4.07. The molecule has 0 amide bonds. The molecule has 1 atom stereocenters. The fourth-order valence-corrected chi connectivity index (χ4v) is 3.24. The molecule has 2 N–H and O–H groups in total. The Labute approximate surface area is 118 Å². The van der Waals surface area contributed by atoms with Crippen LogP contribution in [0, 0.1) is 0 Å². The number of aliphatic carboxylic acids is 1. The Hall–Kier alpha value is -1.38. The summed E-state index contributed by atoms with van der Waals surface area (Å²) in [4.78, 5) is 14.8. The van der Waals surface area contributed by atoms with E-state index in [0.29, 0.717) is 5.52 Å². The van der Waals surface area contributed by atoms with Gasteiger partial charge in [-0.3, -0.25) is 9.52 Å². The lowest BCUT2D eigenvalue weighted by Gasteiger charge is -2.12. The Morgan fingerprint density at radius 2 is 2.21 bits per heavy atom. The van der Waals surface area contributed by atoms with E-state index < -0.39 is 21.2 Å². The lowest BCUT2D eigenvalue weighted by atomic mass is 10.3. The number of nitrogens with one attached hydrogen (secondary N) is 1. The molecular formula is C10H9ClN2O4S2. The number of anilines is 1. The van der Waals surface area contributed by atoms with Crippen LogP contribution in [0.1, 0.15) is 6.92 Å². The van der Waals surface area contributed by atoms with E-state index in [0.717, 1.165) is 11.6 Å². The van der Waals surface area contributed by atoms with Gasteiger partial charge in [0.1, 0.15) is 5.52 Å². The van der Waals surface area contributed by atoms with Crippen molar-refractivity contribution < 1.29 is 18.3 Å². The fourth-order valence-electron chi connectivity index (χ4n) is 1.37. The highest BCUT2D eigenvalue weighted by atomic mass is 35.5. The first kappa shape index (κ1) is 14.0. The van der Waals surface area contributed by atoms with E-state index in [1.165, 1.54) is 17.4 Å². The molecule has 2 aromatic rings. The van der Waals surface area contributed by atoms with Gasteiger partial charge in [0, 0.05) is 0 Å². The van der Waals surface area contributed by atoms with E-state index in [-0.39, 0.29) is 10.7 Å². The monoisotopic (exact) mass is 320 g/mol. The maximum absolute atomic E-state index is 11.9. The number of nitrogens with zero attached hydrogens (tertiary/aromatic N) is 1. The zero-order chi connectivity index (χ0) is 14.2. The minimum atomic E-state index is -4.07. The molecule has 0 aliphatic rings. The Balaban J connectivity index is 2.49. The highest BCUT2D eigenvalue weighted by Crippen LogP contribution is 2.33. The molecule has 0 aliphatic heterocycles. The van der Waals surface area contributed by atoms with E-state index in [1.54, 1.807) is 11.6 Å². The Morgan fingerprint density at radius 1 is 1.53 bits per heavy atom. The summed E-state index contributed by atoms with van der Waals surface area (Å²) in [6, 6.07) is 3.25. The molecule has 1 aromatic carbocycles. The number of fused-ring (bicyclic) bond motifs is 1. The number of halogens is 1. The molecule has 6 nitrogen and oxygen atoms in total. The Kier molecular flexibility index (Phi) is 3.66. The lowest BCUT2D eigenvalue weighted by Crippen LogP contribution is -2.32. The number of sulfonamides is 1. The lowest BCUT2D eigenvalue weighted by molar-refractivity contribution is -0.136. The number of carbonyl (C=O) groups is 1. The number of hydrogen-bond acceptors (Lipinski definition) is 5.